The van der Waals surface area contributed by atoms with Gasteiger partial charge in [-0.25, -0.2) is 4.99 Å². The van der Waals surface area contributed by atoms with Gasteiger partial charge in [-0.15, -0.1) is 0 Å². The van der Waals surface area contributed by atoms with E-state index in [2.05, 4.69) is 9.98 Å². The summed E-state index contributed by atoms with van der Waals surface area (Å²) in [7, 11) is 1.76. The van der Waals surface area contributed by atoms with E-state index in [-0.39, 0.29) is 6.10 Å². The summed E-state index contributed by atoms with van der Waals surface area (Å²) in [6.07, 6.45) is 0.170. The molecule has 2 aromatic carbocycles. The molecule has 0 heterocycles. The molecule has 22 heavy (non-hydrogen) atoms. The molecule has 2 aromatic rings. The largest absolute Gasteiger partial charge is 0.491 e. The third kappa shape index (κ3) is 4.29. The van der Waals surface area contributed by atoms with Crippen molar-refractivity contribution in [3.8, 4) is 5.75 Å². The van der Waals surface area contributed by atoms with E-state index in [1.54, 1.807) is 7.05 Å². The van der Waals surface area contributed by atoms with Gasteiger partial charge in [-0.05, 0) is 50.6 Å². The Labute approximate surface area is 132 Å². The predicted molar refractivity (Wildman–Crippen MR) is 93.3 cm³/mol. The number of benzene rings is 2. The van der Waals surface area contributed by atoms with E-state index >= 15 is 0 Å². The molecular formula is C19H22N2O. The average Bonchev–Trinajstić information content (AvgIpc) is 2.53. The van der Waals surface area contributed by atoms with E-state index in [9.17, 15) is 0 Å². The lowest BCUT2D eigenvalue weighted by Gasteiger charge is -2.10. The first kappa shape index (κ1) is 16.0. The topological polar surface area (TPSA) is 34.0 Å². The summed E-state index contributed by atoms with van der Waals surface area (Å²) < 4.78 is 5.66. The SMILES string of the molecule is CN=C(N=C(C)c1ccccc1)c1ccc(OC(C)C)cc1. The minimum Gasteiger partial charge on any atom is -0.491 e. The van der Waals surface area contributed by atoms with Crippen molar-refractivity contribution in [3.63, 3.8) is 0 Å². The normalized spacial score (nSPS) is 12.6. The van der Waals surface area contributed by atoms with Crippen molar-refractivity contribution in [1.82, 2.24) is 0 Å². The van der Waals surface area contributed by atoms with Gasteiger partial charge in [0.25, 0.3) is 0 Å². The van der Waals surface area contributed by atoms with Crippen LogP contribution in [0.25, 0.3) is 0 Å². The maximum atomic E-state index is 5.66. The summed E-state index contributed by atoms with van der Waals surface area (Å²) in [5, 5.41) is 0. The van der Waals surface area contributed by atoms with Crippen molar-refractivity contribution in [3.05, 3.63) is 65.7 Å². The van der Waals surface area contributed by atoms with Crippen LogP contribution in [0.3, 0.4) is 0 Å². The zero-order valence-electron chi connectivity index (χ0n) is 13.6. The van der Waals surface area contributed by atoms with E-state index in [0.29, 0.717) is 0 Å². The van der Waals surface area contributed by atoms with Gasteiger partial charge in [-0.1, -0.05) is 30.3 Å². The molecule has 0 radical (unpaired) electrons. The first-order chi connectivity index (χ1) is 10.6. The van der Waals surface area contributed by atoms with E-state index in [1.165, 1.54) is 0 Å². The van der Waals surface area contributed by atoms with Crippen LogP contribution in [0.5, 0.6) is 5.75 Å². The Kier molecular flexibility index (Phi) is 5.48. The molecule has 0 aromatic heterocycles. The first-order valence-electron chi connectivity index (χ1n) is 7.44. The van der Waals surface area contributed by atoms with Gasteiger partial charge in [0.15, 0.2) is 5.84 Å². The molecule has 0 saturated carbocycles. The molecule has 0 spiro atoms. The molecule has 3 nitrogen and oxygen atoms in total. The number of amidine groups is 1. The van der Waals surface area contributed by atoms with Crippen molar-refractivity contribution < 1.29 is 4.74 Å². The lowest BCUT2D eigenvalue weighted by Crippen LogP contribution is -2.06. The number of hydrogen-bond donors (Lipinski definition) is 0. The standard InChI is InChI=1S/C19H22N2O/c1-14(2)22-18-12-10-17(11-13-18)19(20-4)21-15(3)16-8-6-5-7-9-16/h5-14H,1-4H3. The highest BCUT2D eigenvalue weighted by Crippen LogP contribution is 2.15. The zero-order valence-corrected chi connectivity index (χ0v) is 13.6. The van der Waals surface area contributed by atoms with E-state index < -0.39 is 0 Å². The molecule has 3 heteroatoms. The van der Waals surface area contributed by atoms with Crippen LogP contribution < -0.4 is 4.74 Å². The van der Waals surface area contributed by atoms with Crippen LogP contribution in [0, 0.1) is 0 Å². The monoisotopic (exact) mass is 294 g/mol. The smallest absolute Gasteiger partial charge is 0.154 e. The summed E-state index contributed by atoms with van der Waals surface area (Å²) >= 11 is 0. The third-order valence-electron chi connectivity index (χ3n) is 3.16. The lowest BCUT2D eigenvalue weighted by molar-refractivity contribution is 0.242. The maximum absolute atomic E-state index is 5.66. The molecule has 0 aliphatic carbocycles. The second-order valence-corrected chi connectivity index (χ2v) is 5.30. The molecular weight excluding hydrogens is 272 g/mol. The van der Waals surface area contributed by atoms with E-state index in [4.69, 9.17) is 4.74 Å². The molecule has 0 saturated heterocycles. The fraction of sp³-hybridized carbons (Fsp3) is 0.263. The number of aliphatic imine (C=N–C) groups is 2. The van der Waals surface area contributed by atoms with Crippen molar-refractivity contribution in [1.29, 1.82) is 0 Å². The summed E-state index contributed by atoms with van der Waals surface area (Å²) in [5.74, 6) is 1.58. The Bertz CT molecular complexity index is 656. The van der Waals surface area contributed by atoms with Gasteiger partial charge in [0.05, 0.1) is 6.10 Å². The predicted octanol–water partition coefficient (Wildman–Crippen LogP) is 4.36. The highest BCUT2D eigenvalue weighted by Gasteiger charge is 2.05. The highest BCUT2D eigenvalue weighted by atomic mass is 16.5. The summed E-state index contributed by atoms with van der Waals surface area (Å²) in [5.41, 5.74) is 3.03. The molecule has 0 N–H and O–H groups in total. The zero-order chi connectivity index (χ0) is 15.9. The Balaban J connectivity index is 2.22. The van der Waals surface area contributed by atoms with Crippen LogP contribution in [0.1, 0.15) is 31.9 Å². The molecule has 0 unspecified atom stereocenters. The molecule has 0 aliphatic rings. The first-order valence-corrected chi connectivity index (χ1v) is 7.44. The van der Waals surface area contributed by atoms with Gasteiger partial charge < -0.3 is 4.74 Å². The Morgan fingerprint density at radius 3 is 2.09 bits per heavy atom. The second kappa shape index (κ2) is 7.55. The third-order valence-corrected chi connectivity index (χ3v) is 3.16. The molecule has 2 rings (SSSR count). The second-order valence-electron chi connectivity index (χ2n) is 5.30. The van der Waals surface area contributed by atoms with Crippen LogP contribution >= 0.6 is 0 Å². The Morgan fingerprint density at radius 2 is 1.55 bits per heavy atom. The molecule has 0 atom stereocenters. The quantitative estimate of drug-likeness (QED) is 0.609. The molecule has 0 aliphatic heterocycles. The molecule has 0 fully saturated rings. The van der Waals surface area contributed by atoms with Crippen LogP contribution in [0.4, 0.5) is 0 Å². The number of hydrogen-bond acceptors (Lipinski definition) is 2. The maximum Gasteiger partial charge on any atom is 0.154 e. The summed E-state index contributed by atoms with van der Waals surface area (Å²) in [6, 6.07) is 18.0. The van der Waals surface area contributed by atoms with Crippen molar-refractivity contribution in [2.45, 2.75) is 26.9 Å². The van der Waals surface area contributed by atoms with Gasteiger partial charge >= 0.3 is 0 Å². The molecule has 0 bridgehead atoms. The Morgan fingerprint density at radius 1 is 0.909 bits per heavy atom. The van der Waals surface area contributed by atoms with Gasteiger partial charge in [0, 0.05) is 18.3 Å². The number of nitrogens with zero attached hydrogens (tertiary/aromatic N) is 2. The minimum absolute atomic E-state index is 0.170. The van der Waals surface area contributed by atoms with Crippen LogP contribution in [0.15, 0.2) is 64.6 Å². The van der Waals surface area contributed by atoms with Crippen molar-refractivity contribution >= 4 is 11.5 Å². The highest BCUT2D eigenvalue weighted by molar-refractivity contribution is 6.11. The minimum atomic E-state index is 0.170. The average molecular weight is 294 g/mol. The Hall–Kier alpha value is -2.42. The lowest BCUT2D eigenvalue weighted by atomic mass is 10.1. The van der Waals surface area contributed by atoms with Gasteiger partial charge in [-0.3, -0.25) is 4.99 Å². The summed E-state index contributed by atoms with van der Waals surface area (Å²) in [4.78, 5) is 8.95. The van der Waals surface area contributed by atoms with Crippen molar-refractivity contribution in [2.75, 3.05) is 7.05 Å². The number of rotatable bonds is 4. The van der Waals surface area contributed by atoms with Crippen molar-refractivity contribution in [2.24, 2.45) is 9.98 Å². The van der Waals surface area contributed by atoms with Gasteiger partial charge in [0.1, 0.15) is 5.75 Å². The molecule has 0 amide bonds. The molecule has 114 valence electrons. The van der Waals surface area contributed by atoms with Gasteiger partial charge in [-0.2, -0.15) is 0 Å². The van der Waals surface area contributed by atoms with Crippen LogP contribution in [0.2, 0.25) is 0 Å². The van der Waals surface area contributed by atoms with Crippen LogP contribution in [-0.2, 0) is 0 Å². The van der Waals surface area contributed by atoms with E-state index in [0.717, 1.165) is 28.4 Å². The number of ether oxygens (including phenoxy) is 1. The van der Waals surface area contributed by atoms with Gasteiger partial charge in [0.2, 0.25) is 0 Å². The fourth-order valence-electron chi connectivity index (χ4n) is 2.10. The van der Waals surface area contributed by atoms with E-state index in [1.807, 2.05) is 75.4 Å². The summed E-state index contributed by atoms with van der Waals surface area (Å²) in [6.45, 7) is 6.03. The van der Waals surface area contributed by atoms with Crippen LogP contribution in [-0.4, -0.2) is 24.7 Å². The fourth-order valence-corrected chi connectivity index (χ4v) is 2.10.